The summed E-state index contributed by atoms with van der Waals surface area (Å²) in [5.74, 6) is 1.01. The molecule has 23 heavy (non-hydrogen) atoms. The Balaban J connectivity index is 1.50. The van der Waals surface area contributed by atoms with Crippen molar-refractivity contribution in [1.29, 1.82) is 0 Å². The van der Waals surface area contributed by atoms with E-state index in [9.17, 15) is 4.79 Å². The molecule has 0 saturated carbocycles. The first kappa shape index (κ1) is 15.8. The van der Waals surface area contributed by atoms with Gasteiger partial charge in [-0.05, 0) is 25.1 Å². The predicted octanol–water partition coefficient (Wildman–Crippen LogP) is 1.80. The molecule has 0 bridgehead atoms. The van der Waals surface area contributed by atoms with Crippen molar-refractivity contribution >= 4 is 11.6 Å². The molecule has 0 aliphatic carbocycles. The van der Waals surface area contributed by atoms with Crippen molar-refractivity contribution in [3.63, 3.8) is 0 Å². The summed E-state index contributed by atoms with van der Waals surface area (Å²) in [6, 6.07) is 7.35. The summed E-state index contributed by atoms with van der Waals surface area (Å²) in [5, 5.41) is 4.26. The van der Waals surface area contributed by atoms with Gasteiger partial charge in [-0.2, -0.15) is 5.10 Å². The Kier molecular flexibility index (Phi) is 5.12. The van der Waals surface area contributed by atoms with Gasteiger partial charge in [0, 0.05) is 31.6 Å². The summed E-state index contributed by atoms with van der Waals surface area (Å²) in [7, 11) is 0. The molecule has 1 aromatic rings. The number of amides is 1. The summed E-state index contributed by atoms with van der Waals surface area (Å²) in [4.78, 5) is 14.6. The second kappa shape index (κ2) is 7.46. The van der Waals surface area contributed by atoms with Gasteiger partial charge in [0.1, 0.15) is 6.61 Å². The number of likely N-dealkylation sites (tertiary alicyclic amines) is 1. The van der Waals surface area contributed by atoms with Crippen LogP contribution in [0, 0.1) is 0 Å². The molecule has 2 aliphatic rings. The summed E-state index contributed by atoms with van der Waals surface area (Å²) in [6.07, 6.45) is 2.33. The lowest BCUT2D eigenvalue weighted by Gasteiger charge is -2.27. The molecule has 124 valence electrons. The van der Waals surface area contributed by atoms with Crippen molar-refractivity contribution < 1.29 is 14.3 Å². The maximum Gasteiger partial charge on any atom is 0.284 e. The van der Waals surface area contributed by atoms with Crippen LogP contribution in [0.4, 0.5) is 0 Å². The van der Waals surface area contributed by atoms with Crippen molar-refractivity contribution in [2.75, 3.05) is 26.2 Å². The van der Waals surface area contributed by atoms with E-state index in [1.54, 1.807) is 6.07 Å². The van der Waals surface area contributed by atoms with E-state index in [1.807, 2.05) is 18.2 Å². The molecule has 1 amide bonds. The van der Waals surface area contributed by atoms with Gasteiger partial charge in [0.05, 0.1) is 0 Å². The fourth-order valence-corrected chi connectivity index (χ4v) is 2.82. The number of carbonyl (C=O) groups excluding carboxylic acids is 1. The van der Waals surface area contributed by atoms with Crippen molar-refractivity contribution in [3.05, 3.63) is 24.3 Å². The molecule has 1 unspecified atom stereocenters. The smallest absolute Gasteiger partial charge is 0.284 e. The average Bonchev–Trinajstić information content (AvgIpc) is 2.60. The normalized spacial score (nSPS) is 20.9. The Labute approximate surface area is 136 Å². The molecule has 2 heterocycles. The van der Waals surface area contributed by atoms with Gasteiger partial charge in [0.2, 0.25) is 6.10 Å². The Morgan fingerprint density at radius 3 is 2.78 bits per heavy atom. The van der Waals surface area contributed by atoms with Crippen LogP contribution in [0.15, 0.2) is 29.4 Å². The molecule has 0 radical (unpaired) electrons. The fourth-order valence-electron chi connectivity index (χ4n) is 2.82. The van der Waals surface area contributed by atoms with Crippen molar-refractivity contribution in [1.82, 2.24) is 10.3 Å². The number of hydrogen-bond donors (Lipinski definition) is 1. The number of para-hydroxylation sites is 2. The molecule has 6 nitrogen and oxygen atoms in total. The molecule has 1 atom stereocenters. The number of fused-ring (bicyclic) bond motifs is 1. The van der Waals surface area contributed by atoms with Gasteiger partial charge in [0.15, 0.2) is 11.5 Å². The minimum Gasteiger partial charge on any atom is -0.485 e. The maximum atomic E-state index is 12.2. The molecule has 1 N–H and O–H groups in total. The number of nitrogens with one attached hydrogen (secondary N) is 1. The van der Waals surface area contributed by atoms with Gasteiger partial charge in [-0.15, -0.1) is 0 Å². The van der Waals surface area contributed by atoms with Crippen LogP contribution in [0.2, 0.25) is 0 Å². The van der Waals surface area contributed by atoms with Gasteiger partial charge >= 0.3 is 0 Å². The van der Waals surface area contributed by atoms with Crippen molar-refractivity contribution in [3.8, 4) is 11.5 Å². The van der Waals surface area contributed by atoms with E-state index < -0.39 is 6.10 Å². The average molecular weight is 317 g/mol. The number of nitrogens with zero attached hydrogens (tertiary/aromatic N) is 2. The van der Waals surface area contributed by atoms with E-state index in [4.69, 9.17) is 9.47 Å². The largest absolute Gasteiger partial charge is 0.485 e. The number of hydrogen-bond acceptors (Lipinski definition) is 5. The monoisotopic (exact) mass is 317 g/mol. The first-order valence-electron chi connectivity index (χ1n) is 8.22. The van der Waals surface area contributed by atoms with Crippen LogP contribution in [0.3, 0.4) is 0 Å². The Morgan fingerprint density at radius 1 is 1.30 bits per heavy atom. The zero-order chi connectivity index (χ0) is 16.1. The molecule has 1 saturated heterocycles. The van der Waals surface area contributed by atoms with Gasteiger partial charge in [0.25, 0.3) is 5.91 Å². The summed E-state index contributed by atoms with van der Waals surface area (Å²) in [5.41, 5.74) is 3.67. The lowest BCUT2D eigenvalue weighted by atomic mass is 10.1. The third-order valence-corrected chi connectivity index (χ3v) is 4.10. The summed E-state index contributed by atoms with van der Waals surface area (Å²) >= 11 is 0. The lowest BCUT2D eigenvalue weighted by Crippen LogP contribution is -2.43. The minimum atomic E-state index is -0.658. The van der Waals surface area contributed by atoms with Crippen molar-refractivity contribution in [2.45, 2.75) is 32.3 Å². The quantitative estimate of drug-likeness (QED) is 0.860. The Hall–Kier alpha value is -2.08. The predicted molar refractivity (Wildman–Crippen MR) is 87.9 cm³/mol. The van der Waals surface area contributed by atoms with Crippen LogP contribution in [0.25, 0.3) is 0 Å². The zero-order valence-corrected chi connectivity index (χ0v) is 13.5. The highest BCUT2D eigenvalue weighted by Gasteiger charge is 2.27. The molecule has 2 aliphatic heterocycles. The van der Waals surface area contributed by atoms with Crippen LogP contribution < -0.4 is 14.9 Å². The number of hydrazone groups is 1. The molecule has 0 aromatic heterocycles. The third-order valence-electron chi connectivity index (χ3n) is 4.10. The van der Waals surface area contributed by atoms with Crippen LogP contribution >= 0.6 is 0 Å². The fraction of sp³-hybridized carbons (Fsp3) is 0.529. The number of carbonyl (C=O) groups is 1. The Morgan fingerprint density at radius 2 is 2.04 bits per heavy atom. The topological polar surface area (TPSA) is 63.2 Å². The van der Waals surface area contributed by atoms with Crippen LogP contribution in [0.5, 0.6) is 11.5 Å². The van der Waals surface area contributed by atoms with E-state index in [1.165, 1.54) is 6.42 Å². The number of rotatable bonds is 4. The van der Waals surface area contributed by atoms with Gasteiger partial charge in [-0.1, -0.05) is 19.1 Å². The van der Waals surface area contributed by atoms with E-state index in [2.05, 4.69) is 22.4 Å². The highest BCUT2D eigenvalue weighted by molar-refractivity contribution is 5.88. The standard InChI is InChI=1S/C17H23N3O3/c1-2-9-20-10-7-13(8-11-20)18-19-17(21)16-12-22-14-5-3-4-6-15(14)23-16/h3-6,16H,2,7-12H2,1H3,(H,19,21). The number of ether oxygens (including phenoxy) is 2. The minimum absolute atomic E-state index is 0.206. The van der Waals surface area contributed by atoms with Gasteiger partial charge < -0.3 is 14.4 Å². The second-order valence-corrected chi connectivity index (χ2v) is 5.86. The van der Waals surface area contributed by atoms with Crippen LogP contribution in [-0.4, -0.2) is 48.9 Å². The molecule has 6 heteroatoms. The zero-order valence-electron chi connectivity index (χ0n) is 13.5. The molecule has 0 spiro atoms. The highest BCUT2D eigenvalue weighted by Crippen LogP contribution is 2.30. The van der Waals surface area contributed by atoms with Crippen LogP contribution in [-0.2, 0) is 4.79 Å². The molecule has 1 aromatic carbocycles. The number of benzene rings is 1. The lowest BCUT2D eigenvalue weighted by molar-refractivity contribution is -0.130. The van der Waals surface area contributed by atoms with Crippen LogP contribution in [0.1, 0.15) is 26.2 Å². The van der Waals surface area contributed by atoms with Gasteiger partial charge in [-0.25, -0.2) is 5.43 Å². The van der Waals surface area contributed by atoms with E-state index in [-0.39, 0.29) is 12.5 Å². The molecular weight excluding hydrogens is 294 g/mol. The van der Waals surface area contributed by atoms with E-state index >= 15 is 0 Å². The highest BCUT2D eigenvalue weighted by atomic mass is 16.6. The maximum absolute atomic E-state index is 12.2. The second-order valence-electron chi connectivity index (χ2n) is 5.86. The molecular formula is C17H23N3O3. The first-order chi connectivity index (χ1) is 11.3. The number of piperidine rings is 1. The SMILES string of the molecule is CCCN1CCC(=NNC(=O)C2COc3ccccc3O2)CC1. The molecule has 3 rings (SSSR count). The molecule has 1 fully saturated rings. The Bertz CT molecular complexity index is 578. The third kappa shape index (κ3) is 4.01. The van der Waals surface area contributed by atoms with Crippen molar-refractivity contribution in [2.24, 2.45) is 5.10 Å². The first-order valence-corrected chi connectivity index (χ1v) is 8.22. The van der Waals surface area contributed by atoms with E-state index in [0.717, 1.165) is 38.2 Å². The van der Waals surface area contributed by atoms with Gasteiger partial charge in [-0.3, -0.25) is 4.79 Å². The van der Waals surface area contributed by atoms with E-state index in [0.29, 0.717) is 11.5 Å². The summed E-state index contributed by atoms with van der Waals surface area (Å²) < 4.78 is 11.2. The summed E-state index contributed by atoms with van der Waals surface area (Å²) in [6.45, 7) is 5.55.